The maximum absolute atomic E-state index is 9.64. The molecule has 2 fully saturated rings. The molecule has 0 bridgehead atoms. The molecule has 2 saturated carbocycles. The molecule has 0 aromatic heterocycles. The van der Waals surface area contributed by atoms with Crippen molar-refractivity contribution in [2.24, 2.45) is 17.6 Å². The number of hydrogen-bond acceptors (Lipinski definition) is 2. The van der Waals surface area contributed by atoms with Gasteiger partial charge >= 0.3 is 0 Å². The predicted octanol–water partition coefficient (Wildman–Crippen LogP) is 0.885. The van der Waals surface area contributed by atoms with Gasteiger partial charge in [0, 0.05) is 6.04 Å². The van der Waals surface area contributed by atoms with E-state index in [1.807, 2.05) is 0 Å². The maximum Gasteiger partial charge on any atom is 0.0572 e. The summed E-state index contributed by atoms with van der Waals surface area (Å²) in [5, 5.41) is 9.64. The third kappa shape index (κ3) is 1.57. The highest BCUT2D eigenvalue weighted by Crippen LogP contribution is 2.43. The minimum Gasteiger partial charge on any atom is -0.393 e. The first-order valence-electron chi connectivity index (χ1n) is 4.71. The summed E-state index contributed by atoms with van der Waals surface area (Å²) in [4.78, 5) is 0. The average molecular weight is 155 g/mol. The van der Waals surface area contributed by atoms with E-state index < -0.39 is 0 Å². The molecule has 3 atom stereocenters. The second-order valence-corrected chi connectivity index (χ2v) is 4.14. The summed E-state index contributed by atoms with van der Waals surface area (Å²) in [5.74, 6) is 1.36. The lowest BCUT2D eigenvalue weighted by atomic mass is 9.81. The summed E-state index contributed by atoms with van der Waals surface area (Å²) < 4.78 is 0. The Morgan fingerprint density at radius 2 is 1.82 bits per heavy atom. The lowest BCUT2D eigenvalue weighted by Crippen LogP contribution is -2.37. The predicted molar refractivity (Wildman–Crippen MR) is 44.0 cm³/mol. The summed E-state index contributed by atoms with van der Waals surface area (Å²) >= 11 is 0. The van der Waals surface area contributed by atoms with Gasteiger partial charge in [0.2, 0.25) is 0 Å². The lowest BCUT2D eigenvalue weighted by molar-refractivity contribution is 0.0514. The van der Waals surface area contributed by atoms with E-state index in [9.17, 15) is 5.11 Å². The molecular formula is C9H17NO. The molecule has 2 rings (SSSR count). The van der Waals surface area contributed by atoms with Crippen molar-refractivity contribution in [2.45, 2.75) is 44.2 Å². The molecule has 0 saturated heterocycles. The summed E-state index contributed by atoms with van der Waals surface area (Å²) in [6, 6.07) is 0.365. The topological polar surface area (TPSA) is 46.2 Å². The Kier molecular flexibility index (Phi) is 1.90. The van der Waals surface area contributed by atoms with E-state index in [1.165, 1.54) is 12.8 Å². The van der Waals surface area contributed by atoms with Crippen molar-refractivity contribution in [3.05, 3.63) is 0 Å². The van der Waals surface area contributed by atoms with Gasteiger partial charge in [-0.3, -0.25) is 0 Å². The molecule has 11 heavy (non-hydrogen) atoms. The highest BCUT2D eigenvalue weighted by atomic mass is 16.3. The molecule has 0 radical (unpaired) electrons. The quantitative estimate of drug-likeness (QED) is 0.590. The van der Waals surface area contributed by atoms with E-state index in [-0.39, 0.29) is 6.10 Å². The molecule has 0 aromatic rings. The molecule has 2 unspecified atom stereocenters. The van der Waals surface area contributed by atoms with E-state index in [4.69, 9.17) is 5.73 Å². The number of hydrogen-bond donors (Lipinski definition) is 2. The van der Waals surface area contributed by atoms with Gasteiger partial charge in [-0.05, 0) is 43.9 Å². The van der Waals surface area contributed by atoms with Crippen LogP contribution in [0.4, 0.5) is 0 Å². The zero-order valence-corrected chi connectivity index (χ0v) is 6.87. The molecule has 2 nitrogen and oxygen atoms in total. The fraction of sp³-hybridized carbons (Fsp3) is 1.00. The minimum atomic E-state index is -0.0395. The fourth-order valence-electron chi connectivity index (χ4n) is 2.25. The molecule has 3 N–H and O–H groups in total. The number of nitrogens with two attached hydrogens (primary N) is 1. The average Bonchev–Trinajstić information content (AvgIpc) is 2.76. The molecule has 0 amide bonds. The largest absolute Gasteiger partial charge is 0.393 e. The zero-order chi connectivity index (χ0) is 7.84. The number of aliphatic hydroxyl groups is 1. The Labute approximate surface area is 67.8 Å². The van der Waals surface area contributed by atoms with Gasteiger partial charge in [-0.25, -0.2) is 0 Å². The van der Waals surface area contributed by atoms with Crippen molar-refractivity contribution in [1.82, 2.24) is 0 Å². The van der Waals surface area contributed by atoms with Crippen LogP contribution in [-0.4, -0.2) is 17.3 Å². The molecule has 0 aliphatic heterocycles. The van der Waals surface area contributed by atoms with Crippen molar-refractivity contribution in [2.75, 3.05) is 0 Å². The van der Waals surface area contributed by atoms with Gasteiger partial charge in [-0.1, -0.05) is 0 Å². The van der Waals surface area contributed by atoms with E-state index in [1.54, 1.807) is 0 Å². The lowest BCUT2D eigenvalue weighted by Gasteiger charge is -2.31. The first-order chi connectivity index (χ1) is 5.27. The fourth-order valence-corrected chi connectivity index (χ4v) is 2.25. The minimum absolute atomic E-state index is 0.0395. The first kappa shape index (κ1) is 7.56. The Morgan fingerprint density at radius 1 is 1.09 bits per heavy atom. The van der Waals surface area contributed by atoms with E-state index in [0.717, 1.165) is 25.2 Å². The van der Waals surface area contributed by atoms with Gasteiger partial charge in [-0.15, -0.1) is 0 Å². The van der Waals surface area contributed by atoms with Crippen molar-refractivity contribution in [3.8, 4) is 0 Å². The molecule has 2 aliphatic rings. The smallest absolute Gasteiger partial charge is 0.0572 e. The highest BCUT2D eigenvalue weighted by Gasteiger charge is 2.38. The summed E-state index contributed by atoms with van der Waals surface area (Å²) in [6.45, 7) is 0. The van der Waals surface area contributed by atoms with Gasteiger partial charge < -0.3 is 10.8 Å². The van der Waals surface area contributed by atoms with Gasteiger partial charge in [-0.2, -0.15) is 0 Å². The Hall–Kier alpha value is -0.0800. The standard InChI is InChI=1S/C9H17NO/c10-7-3-4-9(11)8(5-7)6-1-2-6/h6-9,11H,1-5,10H2/t7?,8?,9-/m1/s1. The SMILES string of the molecule is NC1CC[C@@H](O)C(C2CC2)C1. The van der Waals surface area contributed by atoms with E-state index in [2.05, 4.69) is 0 Å². The third-order valence-electron chi connectivity index (χ3n) is 3.13. The van der Waals surface area contributed by atoms with Crippen molar-refractivity contribution >= 4 is 0 Å². The Balaban J connectivity index is 1.93. The van der Waals surface area contributed by atoms with Crippen molar-refractivity contribution in [3.63, 3.8) is 0 Å². The highest BCUT2D eigenvalue weighted by molar-refractivity contribution is 4.91. The summed E-state index contributed by atoms with van der Waals surface area (Å²) in [6.07, 6.45) is 5.63. The first-order valence-corrected chi connectivity index (χ1v) is 4.71. The van der Waals surface area contributed by atoms with Crippen LogP contribution in [0.2, 0.25) is 0 Å². The normalized spacial score (nSPS) is 45.8. The van der Waals surface area contributed by atoms with Crippen LogP contribution >= 0.6 is 0 Å². The van der Waals surface area contributed by atoms with Crippen molar-refractivity contribution in [1.29, 1.82) is 0 Å². The monoisotopic (exact) mass is 155 g/mol. The van der Waals surface area contributed by atoms with E-state index in [0.29, 0.717) is 12.0 Å². The molecule has 0 heterocycles. The van der Waals surface area contributed by atoms with Crippen LogP contribution in [0.1, 0.15) is 32.1 Å². The van der Waals surface area contributed by atoms with Crippen molar-refractivity contribution < 1.29 is 5.11 Å². The Morgan fingerprint density at radius 3 is 2.45 bits per heavy atom. The molecule has 2 heteroatoms. The third-order valence-corrected chi connectivity index (χ3v) is 3.13. The molecule has 0 spiro atoms. The van der Waals surface area contributed by atoms with Crippen LogP contribution in [-0.2, 0) is 0 Å². The number of rotatable bonds is 1. The summed E-state index contributed by atoms with van der Waals surface area (Å²) in [7, 11) is 0. The van der Waals surface area contributed by atoms with Gasteiger partial charge in [0.15, 0.2) is 0 Å². The molecule has 64 valence electrons. The maximum atomic E-state index is 9.64. The van der Waals surface area contributed by atoms with Gasteiger partial charge in [0.1, 0.15) is 0 Å². The number of aliphatic hydroxyl groups excluding tert-OH is 1. The molecular weight excluding hydrogens is 138 g/mol. The van der Waals surface area contributed by atoms with Crippen LogP contribution in [0.15, 0.2) is 0 Å². The van der Waals surface area contributed by atoms with E-state index >= 15 is 0 Å². The summed E-state index contributed by atoms with van der Waals surface area (Å²) in [5.41, 5.74) is 5.84. The zero-order valence-electron chi connectivity index (χ0n) is 6.87. The van der Waals surface area contributed by atoms with Crippen LogP contribution in [0, 0.1) is 11.8 Å². The second kappa shape index (κ2) is 2.76. The Bertz CT molecular complexity index is 144. The molecule has 0 aromatic carbocycles. The van der Waals surface area contributed by atoms with Crippen LogP contribution in [0.25, 0.3) is 0 Å². The van der Waals surface area contributed by atoms with Crippen LogP contribution in [0.3, 0.4) is 0 Å². The molecule has 2 aliphatic carbocycles. The van der Waals surface area contributed by atoms with Crippen LogP contribution < -0.4 is 5.73 Å². The van der Waals surface area contributed by atoms with Gasteiger partial charge in [0.05, 0.1) is 6.10 Å². The second-order valence-electron chi connectivity index (χ2n) is 4.14. The van der Waals surface area contributed by atoms with Crippen LogP contribution in [0.5, 0.6) is 0 Å². The van der Waals surface area contributed by atoms with Gasteiger partial charge in [0.25, 0.3) is 0 Å².